The second kappa shape index (κ2) is 9.64. The molecule has 4 rings (SSSR count). The molecule has 2 aromatic carbocycles. The van der Waals surface area contributed by atoms with Crippen molar-refractivity contribution in [1.29, 1.82) is 0 Å². The molecule has 0 radical (unpaired) electrons. The first kappa shape index (κ1) is 21.6. The lowest BCUT2D eigenvalue weighted by molar-refractivity contribution is -0.122. The summed E-state index contributed by atoms with van der Waals surface area (Å²) in [4.78, 5) is 37.2. The number of methoxy groups -OCH3 is 1. The monoisotopic (exact) mass is 448 g/mol. The summed E-state index contributed by atoms with van der Waals surface area (Å²) in [5, 5.41) is 13.0. The van der Waals surface area contributed by atoms with E-state index in [0.717, 1.165) is 9.36 Å². The number of nitrogens with one attached hydrogen (secondary N) is 2. The number of nitrogens with zero attached hydrogens (tertiary/aromatic N) is 4. The molecule has 0 saturated heterocycles. The van der Waals surface area contributed by atoms with Gasteiger partial charge in [0.25, 0.3) is 5.91 Å². The number of carbonyl (C=O) groups excluding carboxylic acids is 2. The molecule has 168 valence electrons. The van der Waals surface area contributed by atoms with E-state index in [1.54, 1.807) is 60.7 Å². The van der Waals surface area contributed by atoms with Crippen LogP contribution in [0.4, 0.5) is 5.69 Å². The average molecular weight is 448 g/mol. The summed E-state index contributed by atoms with van der Waals surface area (Å²) in [6, 6.07) is 16.8. The average Bonchev–Trinajstić information content (AvgIpc) is 3.48. The van der Waals surface area contributed by atoms with Gasteiger partial charge in [-0.25, -0.2) is 4.79 Å². The molecule has 0 aliphatic heterocycles. The minimum absolute atomic E-state index is 0.205. The lowest BCUT2D eigenvalue weighted by Crippen LogP contribution is -2.33. The van der Waals surface area contributed by atoms with Crippen molar-refractivity contribution in [2.75, 3.05) is 12.4 Å². The molecule has 0 bridgehead atoms. The number of carbonyl (C=O) groups is 2. The molecule has 33 heavy (non-hydrogen) atoms. The minimum Gasteiger partial charge on any atom is -0.496 e. The van der Waals surface area contributed by atoms with Crippen molar-refractivity contribution in [1.82, 2.24) is 25.1 Å². The number of benzene rings is 2. The van der Waals surface area contributed by atoms with Crippen molar-refractivity contribution < 1.29 is 18.7 Å². The van der Waals surface area contributed by atoms with Crippen molar-refractivity contribution in [3.8, 4) is 11.4 Å². The van der Waals surface area contributed by atoms with E-state index in [2.05, 4.69) is 21.1 Å². The molecule has 0 unspecified atom stereocenters. The van der Waals surface area contributed by atoms with Crippen molar-refractivity contribution in [3.63, 3.8) is 0 Å². The van der Waals surface area contributed by atoms with Crippen LogP contribution in [0.2, 0.25) is 0 Å². The van der Waals surface area contributed by atoms with Crippen LogP contribution in [0.5, 0.6) is 5.75 Å². The number of anilines is 1. The van der Waals surface area contributed by atoms with E-state index in [1.807, 2.05) is 0 Å². The fourth-order valence-electron chi connectivity index (χ4n) is 3.04. The summed E-state index contributed by atoms with van der Waals surface area (Å²) in [5.74, 6) is 0.319. The maximum absolute atomic E-state index is 12.6. The Morgan fingerprint density at radius 3 is 2.55 bits per heavy atom. The predicted octanol–water partition coefficient (Wildman–Crippen LogP) is 1.60. The highest BCUT2D eigenvalue weighted by atomic mass is 16.5. The largest absolute Gasteiger partial charge is 0.496 e. The molecule has 4 aromatic rings. The number of rotatable bonds is 8. The van der Waals surface area contributed by atoms with Gasteiger partial charge >= 0.3 is 5.69 Å². The number of amides is 2. The zero-order valence-corrected chi connectivity index (χ0v) is 17.6. The zero-order valence-electron chi connectivity index (χ0n) is 17.6. The second-order valence-corrected chi connectivity index (χ2v) is 6.89. The number of para-hydroxylation sites is 1. The molecule has 11 heteroatoms. The van der Waals surface area contributed by atoms with Crippen LogP contribution in [-0.4, -0.2) is 38.7 Å². The molecule has 0 saturated carbocycles. The summed E-state index contributed by atoms with van der Waals surface area (Å²) in [6.07, 6.45) is 1.51. The van der Waals surface area contributed by atoms with E-state index < -0.39 is 11.6 Å². The standard InChI is InChI=1S/C22H20N6O5/c1-32-19-7-3-2-6-18(19)21(30)24-15-8-10-16(11-9-15)28-22(31)27(25-26-28)14-20(29)23-13-17-5-4-12-33-17/h2-12H,13-14H2,1H3,(H,23,29)(H,24,30). The molecular formula is C22H20N6O5. The van der Waals surface area contributed by atoms with Crippen LogP contribution in [0, 0.1) is 0 Å². The van der Waals surface area contributed by atoms with Crippen LogP contribution in [-0.2, 0) is 17.9 Å². The smallest absolute Gasteiger partial charge is 0.368 e. The van der Waals surface area contributed by atoms with Gasteiger partial charge in [0, 0.05) is 5.69 Å². The van der Waals surface area contributed by atoms with Gasteiger partial charge in [0.05, 0.1) is 31.2 Å². The lowest BCUT2D eigenvalue weighted by Gasteiger charge is -2.09. The van der Waals surface area contributed by atoms with E-state index in [1.165, 1.54) is 13.4 Å². The van der Waals surface area contributed by atoms with Crippen LogP contribution < -0.4 is 21.1 Å². The Hall–Kier alpha value is -4.67. The highest BCUT2D eigenvalue weighted by molar-refractivity contribution is 6.06. The normalized spacial score (nSPS) is 10.6. The molecule has 2 aromatic heterocycles. The highest BCUT2D eigenvalue weighted by Gasteiger charge is 2.14. The molecule has 2 N–H and O–H groups in total. The maximum Gasteiger partial charge on any atom is 0.368 e. The number of hydrogen-bond donors (Lipinski definition) is 2. The fourth-order valence-corrected chi connectivity index (χ4v) is 3.04. The van der Waals surface area contributed by atoms with Crippen LogP contribution in [0.15, 0.2) is 76.1 Å². The Morgan fingerprint density at radius 1 is 1.03 bits per heavy atom. The van der Waals surface area contributed by atoms with Crippen LogP contribution in [0.1, 0.15) is 16.1 Å². The first-order chi connectivity index (χ1) is 16.0. The fraction of sp³-hybridized carbons (Fsp3) is 0.136. The molecule has 0 spiro atoms. The first-order valence-corrected chi connectivity index (χ1v) is 9.92. The minimum atomic E-state index is -0.575. The molecule has 0 aliphatic rings. The third kappa shape index (κ3) is 4.98. The van der Waals surface area contributed by atoms with Crippen molar-refractivity contribution in [2.45, 2.75) is 13.1 Å². The summed E-state index contributed by atoms with van der Waals surface area (Å²) < 4.78 is 12.4. The van der Waals surface area contributed by atoms with E-state index in [4.69, 9.17) is 9.15 Å². The van der Waals surface area contributed by atoms with Gasteiger partial charge in [-0.15, -0.1) is 0 Å². The first-order valence-electron chi connectivity index (χ1n) is 9.92. The quantitative estimate of drug-likeness (QED) is 0.418. The van der Waals surface area contributed by atoms with E-state index in [9.17, 15) is 14.4 Å². The highest BCUT2D eigenvalue weighted by Crippen LogP contribution is 2.19. The van der Waals surface area contributed by atoms with Gasteiger partial charge in [-0.2, -0.15) is 9.36 Å². The Labute approximate surface area is 187 Å². The lowest BCUT2D eigenvalue weighted by atomic mass is 10.2. The second-order valence-electron chi connectivity index (χ2n) is 6.89. The Morgan fingerprint density at radius 2 is 1.82 bits per heavy atom. The van der Waals surface area contributed by atoms with E-state index in [-0.39, 0.29) is 19.0 Å². The van der Waals surface area contributed by atoms with Crippen LogP contribution in [0.3, 0.4) is 0 Å². The number of tetrazole rings is 1. The Bertz CT molecular complexity index is 1310. The maximum atomic E-state index is 12.6. The molecule has 2 amide bonds. The molecule has 11 nitrogen and oxygen atoms in total. The molecule has 0 atom stereocenters. The zero-order chi connectivity index (χ0) is 23.2. The molecule has 0 fully saturated rings. The summed E-state index contributed by atoms with van der Waals surface area (Å²) in [6.45, 7) is -0.0800. The van der Waals surface area contributed by atoms with Crippen LogP contribution >= 0.6 is 0 Å². The van der Waals surface area contributed by atoms with Gasteiger partial charge in [-0.3, -0.25) is 9.59 Å². The third-order valence-corrected chi connectivity index (χ3v) is 4.69. The topological polar surface area (TPSA) is 133 Å². The number of furan rings is 1. The van der Waals surface area contributed by atoms with Gasteiger partial charge in [0.15, 0.2) is 0 Å². The SMILES string of the molecule is COc1ccccc1C(=O)Nc1ccc(-n2nnn(CC(=O)NCc3ccco3)c2=O)cc1. The van der Waals surface area contributed by atoms with Gasteiger partial charge < -0.3 is 19.8 Å². The van der Waals surface area contributed by atoms with Gasteiger partial charge in [-0.1, -0.05) is 12.1 Å². The van der Waals surface area contributed by atoms with Crippen molar-refractivity contribution in [3.05, 3.63) is 88.7 Å². The Balaban J connectivity index is 1.41. The molecule has 0 aliphatic carbocycles. The van der Waals surface area contributed by atoms with Gasteiger partial charge in [-0.05, 0) is 59.0 Å². The number of hydrogen-bond acceptors (Lipinski definition) is 7. The predicted molar refractivity (Wildman–Crippen MR) is 117 cm³/mol. The third-order valence-electron chi connectivity index (χ3n) is 4.69. The van der Waals surface area contributed by atoms with Crippen molar-refractivity contribution >= 4 is 17.5 Å². The molecular weight excluding hydrogens is 428 g/mol. The molecule has 2 heterocycles. The van der Waals surface area contributed by atoms with E-state index >= 15 is 0 Å². The number of aromatic nitrogens is 4. The van der Waals surface area contributed by atoms with Crippen molar-refractivity contribution in [2.24, 2.45) is 0 Å². The Kier molecular flexibility index (Phi) is 6.30. The summed E-state index contributed by atoms with van der Waals surface area (Å²) in [5.41, 5.74) is 0.771. The van der Waals surface area contributed by atoms with Gasteiger partial charge in [0.2, 0.25) is 5.91 Å². The number of ether oxygens (including phenoxy) is 1. The summed E-state index contributed by atoms with van der Waals surface area (Å²) in [7, 11) is 1.49. The van der Waals surface area contributed by atoms with Gasteiger partial charge in [0.1, 0.15) is 18.1 Å². The van der Waals surface area contributed by atoms with Crippen LogP contribution in [0.25, 0.3) is 5.69 Å². The summed E-state index contributed by atoms with van der Waals surface area (Å²) >= 11 is 0. The van der Waals surface area contributed by atoms with E-state index in [0.29, 0.717) is 28.4 Å².